The number of hydrogen-bond donors (Lipinski definition) is 2. The molecule has 1 aromatic heterocycles. The van der Waals surface area contributed by atoms with Gasteiger partial charge in [0.05, 0.1) is 12.6 Å². The second-order valence-electron chi connectivity index (χ2n) is 2.66. The molecule has 0 spiro atoms. The summed E-state index contributed by atoms with van der Waals surface area (Å²) in [5, 5.41) is 8.80. The van der Waals surface area contributed by atoms with E-state index in [1.54, 1.807) is 11.3 Å². The molecule has 1 unspecified atom stereocenters. The number of aryl methyl sites for hydroxylation is 2. The van der Waals surface area contributed by atoms with Crippen LogP contribution in [0, 0.1) is 13.8 Å². The third kappa shape index (κ3) is 1.80. The fourth-order valence-electron chi connectivity index (χ4n) is 1.12. The molecule has 0 aliphatic carbocycles. The maximum atomic E-state index is 8.80. The van der Waals surface area contributed by atoms with E-state index >= 15 is 0 Å². The molecule has 0 amide bonds. The molecule has 1 rings (SSSR count). The van der Waals surface area contributed by atoms with Gasteiger partial charge >= 0.3 is 0 Å². The number of rotatable bonds is 2. The number of aliphatic hydroxyl groups is 1. The van der Waals surface area contributed by atoms with Crippen LogP contribution in [0.15, 0.2) is 6.07 Å². The summed E-state index contributed by atoms with van der Waals surface area (Å²) in [6.07, 6.45) is 0. The predicted molar refractivity (Wildman–Crippen MR) is 47.8 cm³/mol. The molecule has 11 heavy (non-hydrogen) atoms. The summed E-state index contributed by atoms with van der Waals surface area (Å²) in [4.78, 5) is 2.46. The minimum atomic E-state index is -0.208. The molecular weight excluding hydrogens is 158 g/mol. The van der Waals surface area contributed by atoms with Crippen molar-refractivity contribution in [2.45, 2.75) is 19.9 Å². The van der Waals surface area contributed by atoms with Crippen molar-refractivity contribution in [1.29, 1.82) is 0 Å². The van der Waals surface area contributed by atoms with E-state index in [9.17, 15) is 0 Å². The summed E-state index contributed by atoms with van der Waals surface area (Å²) in [7, 11) is 0. The molecule has 0 radical (unpaired) electrons. The van der Waals surface area contributed by atoms with Gasteiger partial charge in [0.25, 0.3) is 0 Å². The summed E-state index contributed by atoms with van der Waals surface area (Å²) in [6.45, 7) is 4.10. The molecule has 1 atom stereocenters. The molecule has 0 aromatic carbocycles. The summed E-state index contributed by atoms with van der Waals surface area (Å²) in [5.41, 5.74) is 6.74. The molecule has 1 heterocycles. The van der Waals surface area contributed by atoms with Crippen LogP contribution >= 0.6 is 11.3 Å². The van der Waals surface area contributed by atoms with E-state index in [-0.39, 0.29) is 12.6 Å². The molecule has 0 aliphatic heterocycles. The van der Waals surface area contributed by atoms with Crippen LogP contribution in [0.2, 0.25) is 0 Å². The maximum Gasteiger partial charge on any atom is 0.0624 e. The highest BCUT2D eigenvalue weighted by Crippen LogP contribution is 2.24. The zero-order valence-corrected chi connectivity index (χ0v) is 7.61. The molecule has 2 nitrogen and oxygen atoms in total. The lowest BCUT2D eigenvalue weighted by atomic mass is 10.1. The Kier molecular flexibility index (Phi) is 2.65. The highest BCUT2D eigenvalue weighted by Gasteiger charge is 2.09. The van der Waals surface area contributed by atoms with Gasteiger partial charge in [0.15, 0.2) is 0 Å². The average molecular weight is 171 g/mol. The first kappa shape index (κ1) is 8.71. The smallest absolute Gasteiger partial charge is 0.0624 e. The van der Waals surface area contributed by atoms with Gasteiger partial charge in [0.2, 0.25) is 0 Å². The van der Waals surface area contributed by atoms with Gasteiger partial charge in [-0.1, -0.05) is 0 Å². The van der Waals surface area contributed by atoms with E-state index in [4.69, 9.17) is 10.8 Å². The number of thiophene rings is 1. The number of aliphatic hydroxyl groups excluding tert-OH is 1. The van der Waals surface area contributed by atoms with Crippen molar-refractivity contribution in [2.75, 3.05) is 6.61 Å². The third-order valence-corrected chi connectivity index (χ3v) is 2.66. The Bertz CT molecular complexity index is 244. The van der Waals surface area contributed by atoms with E-state index < -0.39 is 0 Å². The van der Waals surface area contributed by atoms with Crippen LogP contribution in [-0.2, 0) is 0 Å². The van der Waals surface area contributed by atoms with Gasteiger partial charge in [0, 0.05) is 9.75 Å². The van der Waals surface area contributed by atoms with Crippen LogP contribution in [0.4, 0.5) is 0 Å². The molecule has 0 saturated heterocycles. The summed E-state index contributed by atoms with van der Waals surface area (Å²) < 4.78 is 0. The highest BCUT2D eigenvalue weighted by molar-refractivity contribution is 7.12. The van der Waals surface area contributed by atoms with Crippen molar-refractivity contribution in [3.8, 4) is 0 Å². The van der Waals surface area contributed by atoms with Crippen molar-refractivity contribution in [3.05, 3.63) is 21.4 Å². The van der Waals surface area contributed by atoms with Gasteiger partial charge in [0.1, 0.15) is 0 Å². The van der Waals surface area contributed by atoms with Gasteiger partial charge in [-0.3, -0.25) is 0 Å². The number of nitrogens with two attached hydrogens (primary N) is 1. The quantitative estimate of drug-likeness (QED) is 0.705. The Labute approximate surface area is 70.7 Å². The minimum Gasteiger partial charge on any atom is -0.394 e. The lowest BCUT2D eigenvalue weighted by Crippen LogP contribution is -2.14. The van der Waals surface area contributed by atoms with Crippen molar-refractivity contribution in [1.82, 2.24) is 0 Å². The topological polar surface area (TPSA) is 46.2 Å². The Morgan fingerprint density at radius 1 is 1.64 bits per heavy atom. The normalized spacial score (nSPS) is 13.5. The van der Waals surface area contributed by atoms with Crippen LogP contribution in [0.3, 0.4) is 0 Å². The Morgan fingerprint density at radius 2 is 2.27 bits per heavy atom. The van der Waals surface area contributed by atoms with Crippen molar-refractivity contribution in [3.63, 3.8) is 0 Å². The maximum absolute atomic E-state index is 8.80. The van der Waals surface area contributed by atoms with Crippen molar-refractivity contribution in [2.24, 2.45) is 5.73 Å². The second kappa shape index (κ2) is 3.34. The van der Waals surface area contributed by atoms with E-state index in [2.05, 4.69) is 0 Å². The number of hydrogen-bond acceptors (Lipinski definition) is 3. The largest absolute Gasteiger partial charge is 0.394 e. The van der Waals surface area contributed by atoms with E-state index in [1.807, 2.05) is 19.9 Å². The molecule has 0 aliphatic rings. The fraction of sp³-hybridized carbons (Fsp3) is 0.500. The first-order valence-corrected chi connectivity index (χ1v) is 4.40. The molecule has 1 aromatic rings. The Morgan fingerprint density at radius 3 is 2.64 bits per heavy atom. The first-order chi connectivity index (χ1) is 5.15. The molecule has 3 heteroatoms. The zero-order chi connectivity index (χ0) is 8.43. The molecule has 0 bridgehead atoms. The third-order valence-electron chi connectivity index (χ3n) is 1.68. The van der Waals surface area contributed by atoms with Crippen LogP contribution < -0.4 is 5.73 Å². The lowest BCUT2D eigenvalue weighted by molar-refractivity contribution is 0.268. The van der Waals surface area contributed by atoms with E-state index in [1.165, 1.54) is 9.75 Å². The van der Waals surface area contributed by atoms with Crippen molar-refractivity contribution >= 4 is 11.3 Å². The van der Waals surface area contributed by atoms with Gasteiger partial charge in [-0.15, -0.1) is 11.3 Å². The van der Waals surface area contributed by atoms with Gasteiger partial charge in [-0.05, 0) is 25.5 Å². The zero-order valence-electron chi connectivity index (χ0n) is 6.79. The summed E-state index contributed by atoms with van der Waals surface area (Å²) >= 11 is 1.72. The predicted octanol–water partition coefficient (Wildman–Crippen LogP) is 1.36. The lowest BCUT2D eigenvalue weighted by Gasteiger charge is -2.05. The first-order valence-electron chi connectivity index (χ1n) is 3.58. The minimum absolute atomic E-state index is 0.0248. The Hall–Kier alpha value is -0.380. The molecule has 62 valence electrons. The summed E-state index contributed by atoms with van der Waals surface area (Å²) in [5.74, 6) is 0. The van der Waals surface area contributed by atoms with E-state index in [0.717, 1.165) is 5.56 Å². The SMILES string of the molecule is Cc1cc(C(N)CO)c(C)s1. The molecule has 3 N–H and O–H groups in total. The highest BCUT2D eigenvalue weighted by atomic mass is 32.1. The van der Waals surface area contributed by atoms with Crippen LogP contribution in [0.1, 0.15) is 21.4 Å². The fourth-order valence-corrected chi connectivity index (χ4v) is 2.11. The van der Waals surface area contributed by atoms with Crippen LogP contribution in [0.5, 0.6) is 0 Å². The van der Waals surface area contributed by atoms with Gasteiger partial charge in [-0.25, -0.2) is 0 Å². The Balaban J connectivity index is 2.93. The van der Waals surface area contributed by atoms with Gasteiger partial charge < -0.3 is 10.8 Å². The molecule has 0 fully saturated rings. The van der Waals surface area contributed by atoms with Crippen molar-refractivity contribution < 1.29 is 5.11 Å². The van der Waals surface area contributed by atoms with E-state index in [0.29, 0.717) is 0 Å². The second-order valence-corrected chi connectivity index (χ2v) is 4.12. The van der Waals surface area contributed by atoms with Crippen LogP contribution in [-0.4, -0.2) is 11.7 Å². The average Bonchev–Trinajstić information content (AvgIpc) is 2.28. The standard InChI is InChI=1S/C8H13NOS/c1-5-3-7(6(2)11-5)8(9)4-10/h3,8,10H,4,9H2,1-2H3. The molecular formula is C8H13NOS. The molecule has 0 saturated carbocycles. The van der Waals surface area contributed by atoms with Gasteiger partial charge in [-0.2, -0.15) is 0 Å². The monoisotopic (exact) mass is 171 g/mol. The van der Waals surface area contributed by atoms with Crippen LogP contribution in [0.25, 0.3) is 0 Å². The summed E-state index contributed by atoms with van der Waals surface area (Å²) in [6, 6.07) is 1.83.